The Kier molecular flexibility index (Phi) is 5.34. The van der Waals surface area contributed by atoms with Gasteiger partial charge in [0.15, 0.2) is 0 Å². The van der Waals surface area contributed by atoms with Crippen LogP contribution in [0, 0.1) is 0 Å². The van der Waals surface area contributed by atoms with E-state index in [-0.39, 0.29) is 18.0 Å². The number of amides is 1. The van der Waals surface area contributed by atoms with Crippen molar-refractivity contribution in [3.05, 3.63) is 62.5 Å². The number of fused-ring (bicyclic) bond motifs is 1. The Balaban J connectivity index is 1.59. The second kappa shape index (κ2) is 7.67. The van der Waals surface area contributed by atoms with Gasteiger partial charge in [0, 0.05) is 10.6 Å². The van der Waals surface area contributed by atoms with E-state index in [4.69, 9.17) is 16.3 Å². The lowest BCUT2D eigenvalue weighted by molar-refractivity contribution is -0.147. The van der Waals surface area contributed by atoms with Gasteiger partial charge in [-0.2, -0.15) is 0 Å². The molecular formula is C17H14ClN3O4S. The first kappa shape index (κ1) is 18.1. The molecule has 3 aromatic rings. The van der Waals surface area contributed by atoms with Crippen molar-refractivity contribution in [2.24, 2.45) is 0 Å². The summed E-state index contributed by atoms with van der Waals surface area (Å²) < 4.78 is 5.64. The average molecular weight is 392 g/mol. The summed E-state index contributed by atoms with van der Waals surface area (Å²) in [5, 5.41) is 4.81. The molecule has 134 valence electrons. The summed E-state index contributed by atoms with van der Waals surface area (Å²) in [6.07, 6.45) is 0. The highest BCUT2D eigenvalue weighted by Gasteiger charge is 2.18. The van der Waals surface area contributed by atoms with Crippen molar-refractivity contribution in [2.45, 2.75) is 19.6 Å². The summed E-state index contributed by atoms with van der Waals surface area (Å²) in [5.74, 6) is -0.816. The van der Waals surface area contributed by atoms with E-state index < -0.39 is 17.9 Å². The molecule has 0 aliphatic carbocycles. The molecule has 7 nitrogen and oxygen atoms in total. The molecule has 1 aromatic carbocycles. The monoisotopic (exact) mass is 391 g/mol. The molecule has 0 saturated heterocycles. The fraction of sp³-hybridized carbons (Fsp3) is 0.176. The molecule has 0 fully saturated rings. The molecule has 0 unspecified atom stereocenters. The first-order valence-corrected chi connectivity index (χ1v) is 8.89. The number of H-pyrrole nitrogens is 1. The number of esters is 1. The third-order valence-corrected chi connectivity index (χ3v) is 4.68. The summed E-state index contributed by atoms with van der Waals surface area (Å²) >= 11 is 7.06. The van der Waals surface area contributed by atoms with Crippen LogP contribution in [0.3, 0.4) is 0 Å². The minimum absolute atomic E-state index is 0.193. The average Bonchev–Trinajstić information content (AvgIpc) is 3.09. The Bertz CT molecular complexity index is 1010. The van der Waals surface area contributed by atoms with Gasteiger partial charge >= 0.3 is 5.97 Å². The van der Waals surface area contributed by atoms with Crippen LogP contribution in [-0.4, -0.2) is 27.9 Å². The van der Waals surface area contributed by atoms with Crippen LogP contribution < -0.4 is 10.9 Å². The van der Waals surface area contributed by atoms with Crippen LogP contribution in [-0.2, 0) is 16.1 Å². The Morgan fingerprint density at radius 3 is 2.77 bits per heavy atom. The number of nitrogens with one attached hydrogen (secondary N) is 2. The van der Waals surface area contributed by atoms with Crippen LogP contribution in [0.2, 0.25) is 5.02 Å². The molecule has 2 heterocycles. The van der Waals surface area contributed by atoms with Gasteiger partial charge < -0.3 is 15.0 Å². The van der Waals surface area contributed by atoms with Gasteiger partial charge in [-0.1, -0.05) is 11.6 Å². The lowest BCUT2D eigenvalue weighted by atomic mass is 10.2. The Hall–Kier alpha value is -2.71. The van der Waals surface area contributed by atoms with E-state index in [1.807, 2.05) is 0 Å². The van der Waals surface area contributed by atoms with Crippen molar-refractivity contribution in [1.82, 2.24) is 15.3 Å². The molecule has 1 atom stereocenters. The van der Waals surface area contributed by atoms with E-state index in [9.17, 15) is 14.4 Å². The number of aromatic amines is 1. The standard InChI is InChI=1S/C17H14ClN3O4S/c1-9(19-15(22)10-2-4-11(18)5-3-10)17(24)25-8-13-20-12-6-7-26-14(12)16(23)21-13/h2-7,9H,8H2,1H3,(H,19,22)(H,20,21,23)/t9-/m0/s1. The van der Waals surface area contributed by atoms with E-state index in [0.717, 1.165) is 0 Å². The summed E-state index contributed by atoms with van der Waals surface area (Å²) in [5.41, 5.74) is 0.650. The molecular weight excluding hydrogens is 378 g/mol. The van der Waals surface area contributed by atoms with E-state index >= 15 is 0 Å². The third-order valence-electron chi connectivity index (χ3n) is 3.52. The maximum atomic E-state index is 12.1. The van der Waals surface area contributed by atoms with Crippen LogP contribution in [0.5, 0.6) is 0 Å². The zero-order valence-corrected chi connectivity index (χ0v) is 15.2. The van der Waals surface area contributed by atoms with Crippen molar-refractivity contribution < 1.29 is 14.3 Å². The summed E-state index contributed by atoms with van der Waals surface area (Å²) in [7, 11) is 0. The topological polar surface area (TPSA) is 101 Å². The predicted octanol–water partition coefficient (Wildman–Crippen LogP) is 2.50. The number of hydrogen-bond donors (Lipinski definition) is 2. The van der Waals surface area contributed by atoms with Crippen molar-refractivity contribution in [2.75, 3.05) is 0 Å². The molecule has 0 spiro atoms. The van der Waals surface area contributed by atoms with Gasteiger partial charge in [-0.3, -0.25) is 9.59 Å². The zero-order valence-electron chi connectivity index (χ0n) is 13.6. The summed E-state index contributed by atoms with van der Waals surface area (Å²) in [6.45, 7) is 1.31. The molecule has 0 bridgehead atoms. The first-order valence-electron chi connectivity index (χ1n) is 7.63. The van der Waals surface area contributed by atoms with E-state index in [1.54, 1.807) is 35.7 Å². The van der Waals surface area contributed by atoms with Crippen LogP contribution in [0.25, 0.3) is 10.2 Å². The molecule has 2 aromatic heterocycles. The fourth-order valence-electron chi connectivity index (χ4n) is 2.19. The smallest absolute Gasteiger partial charge is 0.328 e. The number of ether oxygens (including phenoxy) is 1. The number of carbonyl (C=O) groups excluding carboxylic acids is 2. The number of hydrogen-bond acceptors (Lipinski definition) is 6. The Morgan fingerprint density at radius 1 is 1.31 bits per heavy atom. The van der Waals surface area contributed by atoms with Gasteiger partial charge in [-0.25, -0.2) is 9.78 Å². The maximum Gasteiger partial charge on any atom is 0.328 e. The van der Waals surface area contributed by atoms with Crippen molar-refractivity contribution in [3.63, 3.8) is 0 Å². The molecule has 0 aliphatic heterocycles. The lowest BCUT2D eigenvalue weighted by Crippen LogP contribution is -2.39. The minimum atomic E-state index is -0.866. The fourth-order valence-corrected chi connectivity index (χ4v) is 3.05. The molecule has 2 N–H and O–H groups in total. The molecule has 0 radical (unpaired) electrons. The van der Waals surface area contributed by atoms with Crippen LogP contribution >= 0.6 is 22.9 Å². The highest BCUT2D eigenvalue weighted by molar-refractivity contribution is 7.17. The summed E-state index contributed by atoms with van der Waals surface area (Å²) in [6, 6.07) is 7.13. The number of rotatable bonds is 5. The van der Waals surface area contributed by atoms with E-state index in [2.05, 4.69) is 15.3 Å². The van der Waals surface area contributed by atoms with Gasteiger partial charge in [0.25, 0.3) is 11.5 Å². The van der Waals surface area contributed by atoms with Gasteiger partial charge in [-0.15, -0.1) is 11.3 Å². The minimum Gasteiger partial charge on any atom is -0.456 e. The van der Waals surface area contributed by atoms with Gasteiger partial charge in [0.1, 0.15) is 23.2 Å². The van der Waals surface area contributed by atoms with Gasteiger partial charge in [0.05, 0.1) is 5.52 Å². The molecule has 9 heteroatoms. The number of benzene rings is 1. The number of halogens is 1. The van der Waals surface area contributed by atoms with E-state index in [0.29, 0.717) is 20.8 Å². The highest BCUT2D eigenvalue weighted by atomic mass is 35.5. The molecule has 0 saturated carbocycles. The second-order valence-corrected chi connectivity index (χ2v) is 6.81. The van der Waals surface area contributed by atoms with Crippen LogP contribution in [0.15, 0.2) is 40.5 Å². The Morgan fingerprint density at radius 2 is 2.04 bits per heavy atom. The second-order valence-electron chi connectivity index (χ2n) is 5.46. The normalized spacial score (nSPS) is 11.9. The van der Waals surface area contributed by atoms with Crippen LogP contribution in [0.1, 0.15) is 23.1 Å². The highest BCUT2D eigenvalue weighted by Crippen LogP contribution is 2.14. The van der Waals surface area contributed by atoms with Crippen LogP contribution in [0.4, 0.5) is 0 Å². The number of aromatic nitrogens is 2. The number of thiophene rings is 1. The molecule has 0 aliphatic rings. The summed E-state index contributed by atoms with van der Waals surface area (Å²) in [4.78, 5) is 42.8. The quantitative estimate of drug-likeness (QED) is 0.651. The number of nitrogens with zero attached hydrogens (tertiary/aromatic N) is 1. The molecule has 1 amide bonds. The van der Waals surface area contributed by atoms with Crippen molar-refractivity contribution >= 4 is 45.0 Å². The predicted molar refractivity (Wildman–Crippen MR) is 98.4 cm³/mol. The number of carbonyl (C=O) groups is 2. The lowest BCUT2D eigenvalue weighted by Gasteiger charge is -2.13. The van der Waals surface area contributed by atoms with Crippen molar-refractivity contribution in [1.29, 1.82) is 0 Å². The van der Waals surface area contributed by atoms with E-state index in [1.165, 1.54) is 18.3 Å². The van der Waals surface area contributed by atoms with Gasteiger partial charge in [0.2, 0.25) is 0 Å². The zero-order chi connectivity index (χ0) is 18.7. The molecule has 3 rings (SSSR count). The molecule has 26 heavy (non-hydrogen) atoms. The van der Waals surface area contributed by atoms with Crippen molar-refractivity contribution in [3.8, 4) is 0 Å². The van der Waals surface area contributed by atoms with Gasteiger partial charge in [-0.05, 0) is 42.6 Å². The third kappa shape index (κ3) is 4.09. The first-order chi connectivity index (χ1) is 12.4. The largest absolute Gasteiger partial charge is 0.456 e. The maximum absolute atomic E-state index is 12.1. The SMILES string of the molecule is C[C@H](NC(=O)c1ccc(Cl)cc1)C(=O)OCc1nc2ccsc2c(=O)[nH]1. The Labute approximate surface area is 157 Å².